The zero-order chi connectivity index (χ0) is 16.6. The topological polar surface area (TPSA) is 81.2 Å². The third-order valence-electron chi connectivity index (χ3n) is 4.03. The highest BCUT2D eigenvalue weighted by Gasteiger charge is 2.22. The van der Waals surface area contributed by atoms with E-state index in [0.29, 0.717) is 35.8 Å². The van der Waals surface area contributed by atoms with Crippen LogP contribution in [0.5, 0.6) is 0 Å². The van der Waals surface area contributed by atoms with Crippen molar-refractivity contribution in [1.29, 1.82) is 0 Å². The van der Waals surface area contributed by atoms with Crippen molar-refractivity contribution in [3.63, 3.8) is 0 Å². The van der Waals surface area contributed by atoms with E-state index in [4.69, 9.17) is 9.05 Å². The SMILES string of the molecule is Cc1noc(C)c1/C=C1\CNC/C(=C\c2c(C)noc2C)C1=O. The molecule has 1 saturated heterocycles. The first kappa shape index (κ1) is 15.4. The second-order valence-corrected chi connectivity index (χ2v) is 5.75. The highest BCUT2D eigenvalue weighted by Crippen LogP contribution is 2.22. The number of rotatable bonds is 2. The number of ketones is 1. The van der Waals surface area contributed by atoms with Gasteiger partial charge in [-0.3, -0.25) is 4.79 Å². The van der Waals surface area contributed by atoms with E-state index in [1.54, 1.807) is 0 Å². The molecular weight excluding hydrogens is 294 g/mol. The van der Waals surface area contributed by atoms with Crippen molar-refractivity contribution in [2.24, 2.45) is 0 Å². The van der Waals surface area contributed by atoms with Crippen molar-refractivity contribution in [2.75, 3.05) is 13.1 Å². The number of piperidine rings is 1. The highest BCUT2D eigenvalue weighted by molar-refractivity contribution is 6.14. The molecule has 0 spiro atoms. The largest absolute Gasteiger partial charge is 0.361 e. The maximum Gasteiger partial charge on any atom is 0.187 e. The van der Waals surface area contributed by atoms with Crippen LogP contribution in [0.1, 0.15) is 34.0 Å². The molecule has 0 aromatic carbocycles. The summed E-state index contributed by atoms with van der Waals surface area (Å²) in [6.07, 6.45) is 3.72. The summed E-state index contributed by atoms with van der Waals surface area (Å²) >= 11 is 0. The Kier molecular flexibility index (Phi) is 4.00. The summed E-state index contributed by atoms with van der Waals surface area (Å²) in [6.45, 7) is 8.47. The minimum absolute atomic E-state index is 0.0313. The van der Waals surface area contributed by atoms with E-state index in [1.807, 2.05) is 39.8 Å². The lowest BCUT2D eigenvalue weighted by molar-refractivity contribution is -0.112. The molecule has 3 heterocycles. The van der Waals surface area contributed by atoms with Gasteiger partial charge in [-0.15, -0.1) is 0 Å². The standard InChI is InChI=1S/C17H19N3O3/c1-9-15(11(3)22-19-9)5-13-7-18-8-14(17(13)21)6-16-10(2)20-23-12(16)4/h5-6,18H,7-8H2,1-4H3/b13-5+,14-6+. The van der Waals surface area contributed by atoms with Crippen LogP contribution in [0.3, 0.4) is 0 Å². The summed E-state index contributed by atoms with van der Waals surface area (Å²) in [4.78, 5) is 12.7. The van der Waals surface area contributed by atoms with Crippen molar-refractivity contribution in [1.82, 2.24) is 15.6 Å². The Labute approximate surface area is 134 Å². The van der Waals surface area contributed by atoms with Gasteiger partial charge in [-0.2, -0.15) is 0 Å². The molecule has 2 aromatic heterocycles. The first-order valence-electron chi connectivity index (χ1n) is 7.49. The predicted octanol–water partition coefficient (Wildman–Crippen LogP) is 2.54. The Morgan fingerprint density at radius 3 is 1.65 bits per heavy atom. The van der Waals surface area contributed by atoms with Crippen molar-refractivity contribution in [2.45, 2.75) is 27.7 Å². The van der Waals surface area contributed by atoms with Crippen LogP contribution >= 0.6 is 0 Å². The van der Waals surface area contributed by atoms with Gasteiger partial charge in [0.15, 0.2) is 5.78 Å². The van der Waals surface area contributed by atoms with Crippen LogP contribution in [0.15, 0.2) is 20.2 Å². The number of aromatic nitrogens is 2. The van der Waals surface area contributed by atoms with Gasteiger partial charge in [-0.1, -0.05) is 10.3 Å². The van der Waals surface area contributed by atoms with E-state index in [2.05, 4.69) is 15.6 Å². The zero-order valence-corrected chi connectivity index (χ0v) is 13.7. The minimum Gasteiger partial charge on any atom is -0.361 e. The van der Waals surface area contributed by atoms with Gasteiger partial charge in [0.1, 0.15) is 11.5 Å². The zero-order valence-electron chi connectivity index (χ0n) is 13.7. The van der Waals surface area contributed by atoms with E-state index in [9.17, 15) is 4.79 Å². The second kappa shape index (κ2) is 5.96. The molecule has 0 amide bonds. The Hall–Kier alpha value is -2.47. The van der Waals surface area contributed by atoms with Gasteiger partial charge in [0.25, 0.3) is 0 Å². The molecule has 6 heteroatoms. The monoisotopic (exact) mass is 313 g/mol. The van der Waals surface area contributed by atoms with Crippen LogP contribution in [0.25, 0.3) is 12.2 Å². The fourth-order valence-electron chi connectivity index (χ4n) is 2.67. The number of Topliss-reactive ketones (excluding diaryl/α,β-unsaturated/α-hetero) is 1. The number of hydrogen-bond acceptors (Lipinski definition) is 6. The Balaban J connectivity index is 1.96. The van der Waals surface area contributed by atoms with Crippen LogP contribution < -0.4 is 5.32 Å². The van der Waals surface area contributed by atoms with E-state index in [1.165, 1.54) is 0 Å². The van der Waals surface area contributed by atoms with Gasteiger partial charge in [-0.25, -0.2) is 0 Å². The van der Waals surface area contributed by atoms with Gasteiger partial charge < -0.3 is 14.4 Å². The first-order chi connectivity index (χ1) is 11.0. The lowest BCUT2D eigenvalue weighted by Crippen LogP contribution is -2.32. The lowest BCUT2D eigenvalue weighted by Gasteiger charge is -2.18. The van der Waals surface area contributed by atoms with E-state index in [-0.39, 0.29) is 5.78 Å². The molecule has 0 unspecified atom stereocenters. The number of carbonyl (C=O) groups excluding carboxylic acids is 1. The first-order valence-corrected chi connectivity index (χ1v) is 7.49. The van der Waals surface area contributed by atoms with Gasteiger partial charge in [0.05, 0.1) is 11.4 Å². The third kappa shape index (κ3) is 2.90. The quantitative estimate of drug-likeness (QED) is 0.858. The molecule has 6 nitrogen and oxygen atoms in total. The maximum atomic E-state index is 12.7. The van der Waals surface area contributed by atoms with Crippen LogP contribution in [0.2, 0.25) is 0 Å². The van der Waals surface area contributed by atoms with Gasteiger partial charge in [-0.05, 0) is 39.8 Å². The fraction of sp³-hybridized carbons (Fsp3) is 0.353. The van der Waals surface area contributed by atoms with Gasteiger partial charge in [0, 0.05) is 35.4 Å². The third-order valence-corrected chi connectivity index (χ3v) is 4.03. The normalized spacial score (nSPS) is 19.0. The molecular formula is C17H19N3O3. The van der Waals surface area contributed by atoms with Crippen LogP contribution in [0, 0.1) is 27.7 Å². The van der Waals surface area contributed by atoms with E-state index < -0.39 is 0 Å². The molecule has 2 aromatic rings. The molecule has 1 N–H and O–H groups in total. The van der Waals surface area contributed by atoms with Crippen LogP contribution in [0.4, 0.5) is 0 Å². The number of nitrogens with one attached hydrogen (secondary N) is 1. The summed E-state index contributed by atoms with van der Waals surface area (Å²) in [5.74, 6) is 1.46. The van der Waals surface area contributed by atoms with Crippen molar-refractivity contribution < 1.29 is 13.8 Å². The summed E-state index contributed by atoms with van der Waals surface area (Å²) in [6, 6.07) is 0. The van der Waals surface area contributed by atoms with Crippen molar-refractivity contribution in [3.05, 3.63) is 45.2 Å². The Bertz CT molecular complexity index is 719. The number of nitrogens with zero attached hydrogens (tertiary/aromatic N) is 2. The summed E-state index contributed by atoms with van der Waals surface area (Å²) in [5, 5.41) is 11.1. The predicted molar refractivity (Wildman–Crippen MR) is 85.8 cm³/mol. The molecule has 3 rings (SSSR count). The Morgan fingerprint density at radius 2 is 1.30 bits per heavy atom. The lowest BCUT2D eigenvalue weighted by atomic mass is 9.95. The molecule has 0 saturated carbocycles. The molecule has 0 radical (unpaired) electrons. The number of aryl methyl sites for hydroxylation is 4. The van der Waals surface area contributed by atoms with Crippen molar-refractivity contribution in [3.8, 4) is 0 Å². The smallest absolute Gasteiger partial charge is 0.187 e. The summed E-state index contributed by atoms with van der Waals surface area (Å²) in [7, 11) is 0. The molecule has 1 fully saturated rings. The maximum absolute atomic E-state index is 12.7. The highest BCUT2D eigenvalue weighted by atomic mass is 16.5. The number of hydrogen-bond donors (Lipinski definition) is 1. The minimum atomic E-state index is 0.0313. The second-order valence-electron chi connectivity index (χ2n) is 5.75. The fourth-order valence-corrected chi connectivity index (χ4v) is 2.67. The van der Waals surface area contributed by atoms with Crippen molar-refractivity contribution >= 4 is 17.9 Å². The summed E-state index contributed by atoms with van der Waals surface area (Å²) < 4.78 is 10.3. The van der Waals surface area contributed by atoms with Crippen LogP contribution in [-0.4, -0.2) is 29.2 Å². The molecule has 0 aliphatic carbocycles. The molecule has 23 heavy (non-hydrogen) atoms. The molecule has 1 aliphatic rings. The summed E-state index contributed by atoms with van der Waals surface area (Å²) in [5.41, 5.74) is 4.70. The average Bonchev–Trinajstić information content (AvgIpc) is 3.00. The average molecular weight is 313 g/mol. The van der Waals surface area contributed by atoms with Crippen LogP contribution in [-0.2, 0) is 4.79 Å². The number of carbonyl (C=O) groups is 1. The van der Waals surface area contributed by atoms with E-state index >= 15 is 0 Å². The molecule has 1 aliphatic heterocycles. The molecule has 0 bridgehead atoms. The van der Waals surface area contributed by atoms with Gasteiger partial charge >= 0.3 is 0 Å². The van der Waals surface area contributed by atoms with Gasteiger partial charge in [0.2, 0.25) is 0 Å². The van der Waals surface area contributed by atoms with E-state index in [0.717, 1.165) is 22.5 Å². The molecule has 0 atom stereocenters. The Morgan fingerprint density at radius 1 is 0.870 bits per heavy atom. The molecule has 120 valence electrons.